The fourth-order valence-corrected chi connectivity index (χ4v) is 2.87. The van der Waals surface area contributed by atoms with Crippen molar-refractivity contribution in [1.82, 2.24) is 0 Å². The van der Waals surface area contributed by atoms with Crippen molar-refractivity contribution in [1.29, 1.82) is 0 Å². The van der Waals surface area contributed by atoms with Crippen LogP contribution in [0.4, 0.5) is 0 Å². The van der Waals surface area contributed by atoms with Crippen molar-refractivity contribution < 1.29 is 4.21 Å². The van der Waals surface area contributed by atoms with Crippen molar-refractivity contribution in [2.24, 2.45) is 11.7 Å². The highest BCUT2D eigenvalue weighted by molar-refractivity contribution is 7.84. The van der Waals surface area contributed by atoms with E-state index < -0.39 is 10.8 Å². The van der Waals surface area contributed by atoms with Gasteiger partial charge in [0, 0.05) is 22.3 Å². The minimum Gasteiger partial charge on any atom is -0.330 e. The van der Waals surface area contributed by atoms with Gasteiger partial charge in [-0.15, -0.1) is 0 Å². The van der Waals surface area contributed by atoms with E-state index in [1.807, 2.05) is 19.1 Å². The van der Waals surface area contributed by atoms with Crippen LogP contribution in [0.3, 0.4) is 0 Å². The lowest BCUT2D eigenvalue weighted by atomic mass is 10.2. The molecule has 0 bridgehead atoms. The summed E-state index contributed by atoms with van der Waals surface area (Å²) in [5.74, 6) is 1.69. The highest BCUT2D eigenvalue weighted by Gasteiger charge is 2.06. The molecule has 0 aromatic heterocycles. The molecule has 0 radical (unpaired) electrons. The van der Waals surface area contributed by atoms with Gasteiger partial charge in [-0.1, -0.05) is 36.8 Å². The number of aryl methyl sites for hydroxylation is 1. The molecular formula is C12H19NOS. The average Bonchev–Trinajstić information content (AvgIpc) is 2.17. The van der Waals surface area contributed by atoms with E-state index in [1.54, 1.807) is 0 Å². The fraction of sp³-hybridized carbons (Fsp3) is 0.500. The molecule has 1 rings (SSSR count). The number of hydrogen-bond donors (Lipinski definition) is 1. The SMILES string of the molecule is Cc1cccc(CS(=O)CC(C)CN)c1. The second kappa shape index (κ2) is 6.03. The lowest BCUT2D eigenvalue weighted by molar-refractivity contribution is 0.640. The normalized spacial score (nSPS) is 14.9. The third-order valence-electron chi connectivity index (χ3n) is 2.28. The molecule has 2 atom stereocenters. The van der Waals surface area contributed by atoms with Crippen molar-refractivity contribution in [3.8, 4) is 0 Å². The molecule has 1 aromatic carbocycles. The van der Waals surface area contributed by atoms with E-state index >= 15 is 0 Å². The zero-order chi connectivity index (χ0) is 11.3. The predicted octanol–water partition coefficient (Wildman–Crippen LogP) is 1.84. The van der Waals surface area contributed by atoms with Crippen molar-refractivity contribution in [2.45, 2.75) is 19.6 Å². The topological polar surface area (TPSA) is 43.1 Å². The Labute approximate surface area is 94.3 Å². The molecule has 0 heterocycles. The van der Waals surface area contributed by atoms with E-state index in [4.69, 9.17) is 5.73 Å². The monoisotopic (exact) mass is 225 g/mol. The minimum absolute atomic E-state index is 0.343. The van der Waals surface area contributed by atoms with E-state index in [0.29, 0.717) is 24.0 Å². The predicted molar refractivity (Wildman–Crippen MR) is 66.1 cm³/mol. The van der Waals surface area contributed by atoms with Gasteiger partial charge in [-0.2, -0.15) is 0 Å². The van der Waals surface area contributed by atoms with Crippen LogP contribution >= 0.6 is 0 Å². The molecule has 0 aliphatic rings. The number of nitrogens with two attached hydrogens (primary N) is 1. The summed E-state index contributed by atoms with van der Waals surface area (Å²) in [7, 11) is -0.789. The van der Waals surface area contributed by atoms with Gasteiger partial charge in [-0.05, 0) is 24.9 Å². The summed E-state index contributed by atoms with van der Waals surface area (Å²) < 4.78 is 11.7. The van der Waals surface area contributed by atoms with Gasteiger partial charge in [0.05, 0.1) is 0 Å². The lowest BCUT2D eigenvalue weighted by Gasteiger charge is -2.08. The van der Waals surface area contributed by atoms with Gasteiger partial charge < -0.3 is 5.73 Å². The van der Waals surface area contributed by atoms with Crippen LogP contribution in [0.25, 0.3) is 0 Å². The Hall–Kier alpha value is -0.670. The van der Waals surface area contributed by atoms with E-state index in [9.17, 15) is 4.21 Å². The van der Waals surface area contributed by atoms with Gasteiger partial charge in [0.1, 0.15) is 0 Å². The summed E-state index contributed by atoms with van der Waals surface area (Å²) in [6.45, 7) is 4.70. The molecule has 0 fully saturated rings. The Balaban J connectivity index is 2.51. The van der Waals surface area contributed by atoms with Gasteiger partial charge >= 0.3 is 0 Å². The second-order valence-electron chi connectivity index (χ2n) is 4.08. The summed E-state index contributed by atoms with van der Waals surface area (Å²) in [4.78, 5) is 0. The highest BCUT2D eigenvalue weighted by atomic mass is 32.2. The van der Waals surface area contributed by atoms with Crippen molar-refractivity contribution in [2.75, 3.05) is 12.3 Å². The van der Waals surface area contributed by atoms with Gasteiger partial charge in [-0.3, -0.25) is 4.21 Å². The summed E-state index contributed by atoms with van der Waals surface area (Å²) >= 11 is 0. The first-order valence-corrected chi connectivity index (χ1v) is 6.71. The molecule has 1 aromatic rings. The van der Waals surface area contributed by atoms with Crippen LogP contribution in [0.15, 0.2) is 24.3 Å². The van der Waals surface area contributed by atoms with Crippen LogP contribution in [-0.2, 0) is 16.6 Å². The van der Waals surface area contributed by atoms with Crippen molar-refractivity contribution in [3.05, 3.63) is 35.4 Å². The van der Waals surface area contributed by atoms with Crippen LogP contribution in [0.2, 0.25) is 0 Å². The molecule has 84 valence electrons. The Morgan fingerprint density at radius 2 is 2.20 bits per heavy atom. The molecule has 0 aliphatic carbocycles. The summed E-state index contributed by atoms with van der Waals surface area (Å²) in [5.41, 5.74) is 7.87. The Morgan fingerprint density at radius 1 is 1.47 bits per heavy atom. The van der Waals surface area contributed by atoms with E-state index in [1.165, 1.54) is 5.56 Å². The molecule has 0 aliphatic heterocycles. The number of rotatable bonds is 5. The summed E-state index contributed by atoms with van der Waals surface area (Å²) in [6, 6.07) is 8.17. The Bertz CT molecular complexity index is 338. The Kier molecular flexibility index (Phi) is 4.99. The minimum atomic E-state index is -0.789. The molecule has 15 heavy (non-hydrogen) atoms. The first-order chi connectivity index (χ1) is 7.11. The first kappa shape index (κ1) is 12.4. The molecule has 2 nitrogen and oxygen atoms in total. The molecule has 0 amide bonds. The quantitative estimate of drug-likeness (QED) is 0.831. The molecule has 2 N–H and O–H groups in total. The van der Waals surface area contributed by atoms with Gasteiger partial charge in [0.25, 0.3) is 0 Å². The van der Waals surface area contributed by atoms with Crippen molar-refractivity contribution in [3.63, 3.8) is 0 Å². The van der Waals surface area contributed by atoms with Gasteiger partial charge in [0.15, 0.2) is 0 Å². The van der Waals surface area contributed by atoms with E-state index in [2.05, 4.69) is 19.1 Å². The third kappa shape index (κ3) is 4.58. The second-order valence-corrected chi connectivity index (χ2v) is 5.58. The molecule has 3 heteroatoms. The van der Waals surface area contributed by atoms with E-state index in [-0.39, 0.29) is 0 Å². The van der Waals surface area contributed by atoms with Gasteiger partial charge in [-0.25, -0.2) is 0 Å². The smallest absolute Gasteiger partial charge is 0.0485 e. The number of benzene rings is 1. The van der Waals surface area contributed by atoms with Crippen LogP contribution < -0.4 is 5.73 Å². The van der Waals surface area contributed by atoms with Crippen LogP contribution in [0.5, 0.6) is 0 Å². The molecule has 0 spiro atoms. The Morgan fingerprint density at radius 3 is 2.80 bits per heavy atom. The maximum atomic E-state index is 11.7. The number of hydrogen-bond acceptors (Lipinski definition) is 2. The third-order valence-corrected chi connectivity index (χ3v) is 3.88. The summed E-state index contributed by atoms with van der Waals surface area (Å²) in [5, 5.41) is 0. The lowest BCUT2D eigenvalue weighted by Crippen LogP contribution is -2.18. The highest BCUT2D eigenvalue weighted by Crippen LogP contribution is 2.08. The zero-order valence-electron chi connectivity index (χ0n) is 9.40. The molecule has 0 saturated carbocycles. The molecule has 2 unspecified atom stereocenters. The largest absolute Gasteiger partial charge is 0.330 e. The standard InChI is InChI=1S/C12H19NOS/c1-10-4-3-5-12(6-10)9-15(14)8-11(2)7-13/h3-6,11H,7-9,13H2,1-2H3. The van der Waals surface area contributed by atoms with Crippen LogP contribution in [0.1, 0.15) is 18.1 Å². The van der Waals surface area contributed by atoms with Crippen molar-refractivity contribution >= 4 is 10.8 Å². The van der Waals surface area contributed by atoms with Gasteiger partial charge in [0.2, 0.25) is 0 Å². The average molecular weight is 225 g/mol. The maximum absolute atomic E-state index is 11.7. The fourth-order valence-electron chi connectivity index (χ4n) is 1.43. The first-order valence-electron chi connectivity index (χ1n) is 5.22. The molecule has 0 saturated heterocycles. The molecular weight excluding hydrogens is 206 g/mol. The van der Waals surface area contributed by atoms with Crippen LogP contribution in [0, 0.1) is 12.8 Å². The van der Waals surface area contributed by atoms with Crippen LogP contribution in [-0.4, -0.2) is 16.5 Å². The summed E-state index contributed by atoms with van der Waals surface area (Å²) in [6.07, 6.45) is 0. The van der Waals surface area contributed by atoms with E-state index in [0.717, 1.165) is 5.56 Å². The zero-order valence-corrected chi connectivity index (χ0v) is 10.2. The maximum Gasteiger partial charge on any atom is 0.0485 e.